The van der Waals surface area contributed by atoms with E-state index < -0.39 is 23.4 Å². The number of amides is 1. The molecule has 0 saturated heterocycles. The first-order chi connectivity index (χ1) is 9.81. The maximum absolute atomic E-state index is 13.3. The second-order valence-corrected chi connectivity index (χ2v) is 5.58. The lowest BCUT2D eigenvalue weighted by Crippen LogP contribution is -2.42. The molecule has 0 saturated carbocycles. The Bertz CT molecular complexity index is 475. The third-order valence-electron chi connectivity index (χ3n) is 3.44. The van der Waals surface area contributed by atoms with Crippen molar-refractivity contribution in [3.8, 4) is 0 Å². The summed E-state index contributed by atoms with van der Waals surface area (Å²) in [7, 11) is 0. The third-order valence-corrected chi connectivity index (χ3v) is 3.44. The molecule has 0 bridgehead atoms. The zero-order valence-electron chi connectivity index (χ0n) is 12.9. The van der Waals surface area contributed by atoms with Gasteiger partial charge in [-0.1, -0.05) is 27.7 Å². The highest BCUT2D eigenvalue weighted by Crippen LogP contribution is 2.19. The highest BCUT2D eigenvalue weighted by atomic mass is 19.2. The van der Waals surface area contributed by atoms with Crippen molar-refractivity contribution < 1.29 is 18.0 Å². The quantitative estimate of drug-likeness (QED) is 0.714. The second-order valence-electron chi connectivity index (χ2n) is 5.58. The molecule has 0 aliphatic heterocycles. The predicted octanol–water partition coefficient (Wildman–Crippen LogP) is 4.39. The van der Waals surface area contributed by atoms with Crippen molar-refractivity contribution >= 4 is 5.91 Å². The molecule has 0 aliphatic carbocycles. The van der Waals surface area contributed by atoms with Gasteiger partial charge in [-0.25, -0.2) is 13.2 Å². The largest absolute Gasteiger partial charge is 0.335 e. The predicted molar refractivity (Wildman–Crippen MR) is 76.6 cm³/mol. The molecule has 1 aromatic carbocycles. The van der Waals surface area contributed by atoms with Gasteiger partial charge >= 0.3 is 0 Å². The van der Waals surface area contributed by atoms with Crippen molar-refractivity contribution in [2.75, 3.05) is 6.54 Å². The van der Waals surface area contributed by atoms with Crippen molar-refractivity contribution in [2.24, 2.45) is 5.92 Å². The van der Waals surface area contributed by atoms with E-state index in [-0.39, 0.29) is 17.5 Å². The Morgan fingerprint density at radius 3 is 1.95 bits per heavy atom. The SMILES string of the molecule is CCC(CC)N(CC(C)C)C(=O)c1cc(F)c(F)c(F)c1. The standard InChI is InChI=1S/C16H22F3NO/c1-5-12(6-2)20(9-10(3)4)16(21)11-7-13(17)15(19)14(18)8-11/h7-8,10,12H,5-6,9H2,1-4H3. The number of hydrogen-bond donors (Lipinski definition) is 0. The number of nitrogens with zero attached hydrogens (tertiary/aromatic N) is 1. The molecule has 0 N–H and O–H groups in total. The summed E-state index contributed by atoms with van der Waals surface area (Å²) in [5.41, 5.74) is -0.154. The summed E-state index contributed by atoms with van der Waals surface area (Å²) in [4.78, 5) is 14.1. The molecule has 1 rings (SSSR count). The van der Waals surface area contributed by atoms with E-state index >= 15 is 0 Å². The average Bonchev–Trinajstić information content (AvgIpc) is 2.43. The Kier molecular flexibility index (Phi) is 6.24. The lowest BCUT2D eigenvalue weighted by molar-refractivity contribution is 0.0639. The van der Waals surface area contributed by atoms with E-state index in [1.165, 1.54) is 0 Å². The molecule has 0 radical (unpaired) electrons. The lowest BCUT2D eigenvalue weighted by Gasteiger charge is -2.32. The van der Waals surface area contributed by atoms with Gasteiger partial charge < -0.3 is 4.90 Å². The van der Waals surface area contributed by atoms with Gasteiger partial charge in [-0.3, -0.25) is 4.79 Å². The van der Waals surface area contributed by atoms with Gasteiger partial charge in [0.2, 0.25) is 0 Å². The molecule has 1 aromatic rings. The van der Waals surface area contributed by atoms with Gasteiger partial charge in [0.15, 0.2) is 17.5 Å². The summed E-state index contributed by atoms with van der Waals surface area (Å²) in [6.45, 7) is 8.34. The van der Waals surface area contributed by atoms with Crippen LogP contribution in [0, 0.1) is 23.4 Å². The molecular weight excluding hydrogens is 279 g/mol. The molecule has 1 amide bonds. The van der Waals surface area contributed by atoms with E-state index in [1.54, 1.807) is 4.90 Å². The van der Waals surface area contributed by atoms with Crippen LogP contribution >= 0.6 is 0 Å². The molecule has 0 aromatic heterocycles. The maximum atomic E-state index is 13.3. The summed E-state index contributed by atoms with van der Waals surface area (Å²) in [6, 6.07) is 1.52. The first-order valence-electron chi connectivity index (χ1n) is 7.27. The molecular formula is C16H22F3NO. The number of halogens is 3. The van der Waals surface area contributed by atoms with Crippen LogP contribution in [0.2, 0.25) is 0 Å². The minimum absolute atomic E-state index is 0.00363. The average molecular weight is 301 g/mol. The Hall–Kier alpha value is -1.52. The summed E-state index contributed by atoms with van der Waals surface area (Å²) >= 11 is 0. The first kappa shape index (κ1) is 17.5. The highest BCUT2D eigenvalue weighted by molar-refractivity contribution is 5.94. The molecule has 21 heavy (non-hydrogen) atoms. The van der Waals surface area contributed by atoms with Crippen molar-refractivity contribution in [2.45, 2.75) is 46.6 Å². The van der Waals surface area contributed by atoms with Gasteiger partial charge in [0.05, 0.1) is 0 Å². The van der Waals surface area contributed by atoms with Crippen LogP contribution in [0.5, 0.6) is 0 Å². The molecule has 118 valence electrons. The van der Waals surface area contributed by atoms with E-state index in [2.05, 4.69) is 0 Å². The molecule has 0 fully saturated rings. The lowest BCUT2D eigenvalue weighted by atomic mass is 10.0. The minimum Gasteiger partial charge on any atom is -0.335 e. The number of carbonyl (C=O) groups is 1. The Morgan fingerprint density at radius 1 is 1.10 bits per heavy atom. The number of hydrogen-bond acceptors (Lipinski definition) is 1. The van der Waals surface area contributed by atoms with Gasteiger partial charge in [-0.2, -0.15) is 0 Å². The molecule has 5 heteroatoms. The Morgan fingerprint density at radius 2 is 1.57 bits per heavy atom. The fourth-order valence-electron chi connectivity index (χ4n) is 2.37. The molecule has 2 nitrogen and oxygen atoms in total. The van der Waals surface area contributed by atoms with Gasteiger partial charge in [0, 0.05) is 18.2 Å². The summed E-state index contributed by atoms with van der Waals surface area (Å²) in [6.07, 6.45) is 1.50. The molecule has 0 heterocycles. The first-order valence-corrected chi connectivity index (χ1v) is 7.27. The molecule has 0 aliphatic rings. The van der Waals surface area contributed by atoms with Crippen molar-refractivity contribution in [3.05, 3.63) is 35.1 Å². The summed E-state index contributed by atoms with van der Waals surface area (Å²) in [5.74, 6) is -4.47. The van der Waals surface area contributed by atoms with E-state index in [0.29, 0.717) is 6.54 Å². The normalized spacial score (nSPS) is 11.3. The fourth-order valence-corrected chi connectivity index (χ4v) is 2.37. The van der Waals surface area contributed by atoms with E-state index in [4.69, 9.17) is 0 Å². The molecule has 0 spiro atoms. The highest BCUT2D eigenvalue weighted by Gasteiger charge is 2.25. The van der Waals surface area contributed by atoms with Crippen LogP contribution in [0.1, 0.15) is 50.9 Å². The van der Waals surface area contributed by atoms with Crippen LogP contribution in [-0.2, 0) is 0 Å². The van der Waals surface area contributed by atoms with Crippen molar-refractivity contribution in [1.29, 1.82) is 0 Å². The monoisotopic (exact) mass is 301 g/mol. The van der Waals surface area contributed by atoms with Gasteiger partial charge in [-0.05, 0) is 30.9 Å². The minimum atomic E-state index is -1.55. The van der Waals surface area contributed by atoms with Crippen molar-refractivity contribution in [3.63, 3.8) is 0 Å². The van der Waals surface area contributed by atoms with E-state index in [1.807, 2.05) is 27.7 Å². The van der Waals surface area contributed by atoms with Crippen LogP contribution in [0.3, 0.4) is 0 Å². The van der Waals surface area contributed by atoms with Gasteiger partial charge in [-0.15, -0.1) is 0 Å². The number of rotatable bonds is 6. The van der Waals surface area contributed by atoms with Crippen LogP contribution in [0.4, 0.5) is 13.2 Å². The van der Waals surface area contributed by atoms with Gasteiger partial charge in [0.1, 0.15) is 0 Å². The Balaban J connectivity index is 3.15. The zero-order chi connectivity index (χ0) is 16.2. The van der Waals surface area contributed by atoms with Crippen molar-refractivity contribution in [1.82, 2.24) is 4.90 Å². The smallest absolute Gasteiger partial charge is 0.254 e. The van der Waals surface area contributed by atoms with Crippen LogP contribution in [0.15, 0.2) is 12.1 Å². The van der Waals surface area contributed by atoms with Crippen LogP contribution < -0.4 is 0 Å². The fraction of sp³-hybridized carbons (Fsp3) is 0.562. The van der Waals surface area contributed by atoms with Gasteiger partial charge in [0.25, 0.3) is 5.91 Å². The Labute approximate surface area is 123 Å². The van der Waals surface area contributed by atoms with E-state index in [0.717, 1.165) is 25.0 Å². The number of carbonyl (C=O) groups excluding carboxylic acids is 1. The zero-order valence-corrected chi connectivity index (χ0v) is 12.9. The maximum Gasteiger partial charge on any atom is 0.254 e. The van der Waals surface area contributed by atoms with E-state index in [9.17, 15) is 18.0 Å². The molecule has 0 unspecified atom stereocenters. The van der Waals surface area contributed by atoms with Crippen LogP contribution in [0.25, 0.3) is 0 Å². The molecule has 0 atom stereocenters. The summed E-state index contributed by atoms with van der Waals surface area (Å²) < 4.78 is 39.6. The second kappa shape index (κ2) is 7.48. The third kappa shape index (κ3) is 4.22. The number of benzene rings is 1. The summed E-state index contributed by atoms with van der Waals surface area (Å²) in [5, 5.41) is 0. The topological polar surface area (TPSA) is 20.3 Å². The van der Waals surface area contributed by atoms with Crippen LogP contribution in [-0.4, -0.2) is 23.4 Å².